The van der Waals surface area contributed by atoms with Crippen LogP contribution in [0.1, 0.15) is 21.7 Å². The van der Waals surface area contributed by atoms with Crippen LogP contribution in [0.2, 0.25) is 0 Å². The first-order valence-corrected chi connectivity index (χ1v) is 8.35. The van der Waals surface area contributed by atoms with E-state index in [2.05, 4.69) is 67.8 Å². The summed E-state index contributed by atoms with van der Waals surface area (Å²) in [4.78, 5) is 6.07. The van der Waals surface area contributed by atoms with Gasteiger partial charge >= 0.3 is 0 Å². The van der Waals surface area contributed by atoms with Crippen LogP contribution in [0.4, 0.5) is 0 Å². The molecule has 0 spiro atoms. The maximum Gasteiger partial charge on any atom is 0.124 e. The highest BCUT2D eigenvalue weighted by Crippen LogP contribution is 2.35. The molecule has 0 saturated heterocycles. The number of fused-ring (bicyclic) bond motifs is 3. The average Bonchev–Trinajstić information content (AvgIpc) is 2.98. The van der Waals surface area contributed by atoms with Crippen molar-refractivity contribution in [2.24, 2.45) is 0 Å². The summed E-state index contributed by atoms with van der Waals surface area (Å²) < 4.78 is 2.43. The van der Waals surface area contributed by atoms with Crippen molar-refractivity contribution in [3.05, 3.63) is 64.2 Å². The Balaban J connectivity index is 2.05. The van der Waals surface area contributed by atoms with Gasteiger partial charge in [-0.3, -0.25) is 0 Å². The summed E-state index contributed by atoms with van der Waals surface area (Å²) in [5.41, 5.74) is 6.43. The molecule has 0 atom stereocenters. The summed E-state index contributed by atoms with van der Waals surface area (Å²) >= 11 is 1.79. The molecule has 4 rings (SSSR count). The molecule has 2 nitrogen and oxygen atoms in total. The van der Waals surface area contributed by atoms with Gasteiger partial charge < -0.3 is 4.57 Å². The lowest BCUT2D eigenvalue weighted by Crippen LogP contribution is -1.99. The van der Waals surface area contributed by atoms with Crippen LogP contribution < -0.4 is 0 Å². The second kappa shape index (κ2) is 4.96. The molecule has 110 valence electrons. The fourth-order valence-corrected chi connectivity index (χ4v) is 4.23. The zero-order valence-electron chi connectivity index (χ0n) is 13.1. The van der Waals surface area contributed by atoms with Gasteiger partial charge in [0, 0.05) is 11.9 Å². The van der Waals surface area contributed by atoms with Crippen LogP contribution in [0.25, 0.3) is 21.3 Å². The Labute approximate surface area is 134 Å². The molecule has 0 radical (unpaired) electrons. The third-order valence-electron chi connectivity index (χ3n) is 4.11. The lowest BCUT2D eigenvalue weighted by molar-refractivity contribution is 0.872. The predicted octanol–water partition coefficient (Wildman–Crippen LogP) is 5.22. The van der Waals surface area contributed by atoms with Crippen molar-refractivity contribution in [3.8, 4) is 0 Å². The van der Waals surface area contributed by atoms with Crippen LogP contribution in [0.5, 0.6) is 0 Å². The predicted molar refractivity (Wildman–Crippen MR) is 94.9 cm³/mol. The van der Waals surface area contributed by atoms with Crippen molar-refractivity contribution < 1.29 is 0 Å². The van der Waals surface area contributed by atoms with Crippen molar-refractivity contribution in [2.75, 3.05) is 0 Å². The van der Waals surface area contributed by atoms with Crippen LogP contribution in [0, 0.1) is 20.8 Å². The highest BCUT2D eigenvalue weighted by molar-refractivity contribution is 7.18. The van der Waals surface area contributed by atoms with Crippen molar-refractivity contribution in [2.45, 2.75) is 27.3 Å². The summed E-state index contributed by atoms with van der Waals surface area (Å²) in [6, 6.07) is 15.2. The van der Waals surface area contributed by atoms with E-state index in [0.717, 1.165) is 17.1 Å². The fraction of sp³-hybridized carbons (Fsp3) is 0.211. The smallest absolute Gasteiger partial charge is 0.124 e. The minimum Gasteiger partial charge on any atom is -0.326 e. The molecular formula is C19H18N2S. The van der Waals surface area contributed by atoms with Crippen molar-refractivity contribution >= 4 is 32.6 Å². The molecule has 3 heteroatoms. The van der Waals surface area contributed by atoms with Gasteiger partial charge in [-0.25, -0.2) is 4.98 Å². The molecule has 0 bridgehead atoms. The monoisotopic (exact) mass is 306 g/mol. The van der Waals surface area contributed by atoms with Crippen LogP contribution >= 0.6 is 11.3 Å². The second-order valence-corrected chi connectivity index (χ2v) is 7.12. The van der Waals surface area contributed by atoms with Crippen molar-refractivity contribution in [3.63, 3.8) is 0 Å². The van der Waals surface area contributed by atoms with Crippen molar-refractivity contribution in [1.29, 1.82) is 0 Å². The molecule has 0 saturated carbocycles. The summed E-state index contributed by atoms with van der Waals surface area (Å²) in [6.45, 7) is 7.34. The van der Waals surface area contributed by atoms with Gasteiger partial charge in [0.25, 0.3) is 0 Å². The van der Waals surface area contributed by atoms with E-state index in [0.29, 0.717) is 0 Å². The molecule has 0 aliphatic carbocycles. The summed E-state index contributed by atoms with van der Waals surface area (Å²) in [5, 5.41) is 2.42. The van der Waals surface area contributed by atoms with E-state index in [1.54, 1.807) is 11.3 Å². The molecule has 0 aliphatic rings. The lowest BCUT2D eigenvalue weighted by atomic mass is 10.1. The van der Waals surface area contributed by atoms with Gasteiger partial charge in [-0.1, -0.05) is 42.0 Å². The SMILES string of the molecule is Cc1cc(C)c2c(c1)c1nc(C)sc1n2Cc1ccccc1. The minimum atomic E-state index is 0.895. The summed E-state index contributed by atoms with van der Waals surface area (Å²) in [7, 11) is 0. The summed E-state index contributed by atoms with van der Waals surface area (Å²) in [5.74, 6) is 0. The first kappa shape index (κ1) is 13.5. The quantitative estimate of drug-likeness (QED) is 0.496. The molecule has 2 aromatic carbocycles. The zero-order valence-corrected chi connectivity index (χ0v) is 13.9. The lowest BCUT2D eigenvalue weighted by Gasteiger charge is -2.09. The third-order valence-corrected chi connectivity index (χ3v) is 5.11. The Morgan fingerprint density at radius 3 is 2.59 bits per heavy atom. The van der Waals surface area contributed by atoms with Gasteiger partial charge in [-0.2, -0.15) is 0 Å². The highest BCUT2D eigenvalue weighted by atomic mass is 32.1. The number of benzene rings is 2. The molecule has 0 unspecified atom stereocenters. The van der Waals surface area contributed by atoms with E-state index in [-0.39, 0.29) is 0 Å². The van der Waals surface area contributed by atoms with E-state index >= 15 is 0 Å². The average molecular weight is 306 g/mol. The Kier molecular flexibility index (Phi) is 3.05. The van der Waals surface area contributed by atoms with Crippen LogP contribution in [-0.4, -0.2) is 9.55 Å². The molecule has 2 heterocycles. The molecule has 22 heavy (non-hydrogen) atoms. The zero-order chi connectivity index (χ0) is 15.3. The van der Waals surface area contributed by atoms with E-state index < -0.39 is 0 Å². The summed E-state index contributed by atoms with van der Waals surface area (Å²) in [6.07, 6.45) is 0. The third kappa shape index (κ3) is 2.04. The maximum atomic E-state index is 4.78. The largest absolute Gasteiger partial charge is 0.326 e. The minimum absolute atomic E-state index is 0.895. The Morgan fingerprint density at radius 1 is 1.05 bits per heavy atom. The fourth-order valence-electron chi connectivity index (χ4n) is 3.29. The topological polar surface area (TPSA) is 17.8 Å². The highest BCUT2D eigenvalue weighted by Gasteiger charge is 2.16. The molecule has 2 aromatic heterocycles. The molecule has 0 N–H and O–H groups in total. The van der Waals surface area contributed by atoms with Gasteiger partial charge in [0.15, 0.2) is 0 Å². The van der Waals surface area contributed by atoms with Gasteiger partial charge in [0.05, 0.1) is 10.5 Å². The van der Waals surface area contributed by atoms with Gasteiger partial charge in [0.1, 0.15) is 10.3 Å². The number of rotatable bonds is 2. The normalized spacial score (nSPS) is 11.6. The van der Waals surface area contributed by atoms with E-state index in [1.807, 2.05) is 0 Å². The van der Waals surface area contributed by atoms with Crippen LogP contribution in [0.3, 0.4) is 0 Å². The molecule has 0 aliphatic heterocycles. The Hall–Kier alpha value is -2.13. The van der Waals surface area contributed by atoms with E-state index in [4.69, 9.17) is 4.98 Å². The van der Waals surface area contributed by atoms with E-state index in [9.17, 15) is 0 Å². The van der Waals surface area contributed by atoms with Crippen LogP contribution in [-0.2, 0) is 6.54 Å². The number of aromatic nitrogens is 2. The molecular weight excluding hydrogens is 288 g/mol. The number of aryl methyl sites for hydroxylation is 3. The van der Waals surface area contributed by atoms with Gasteiger partial charge in [-0.05, 0) is 38.0 Å². The second-order valence-electron chi connectivity index (χ2n) is 5.94. The Bertz CT molecular complexity index is 977. The number of thiazole rings is 1. The molecule has 4 aromatic rings. The number of hydrogen-bond acceptors (Lipinski definition) is 2. The standard InChI is InChI=1S/C19H18N2S/c1-12-9-13(2)18-16(10-12)17-19(22-14(3)20-17)21(18)11-15-7-5-4-6-8-15/h4-10H,11H2,1-3H3. The first-order valence-electron chi connectivity index (χ1n) is 7.54. The first-order chi connectivity index (χ1) is 10.6. The number of hydrogen-bond donors (Lipinski definition) is 0. The van der Waals surface area contributed by atoms with Gasteiger partial charge in [-0.15, -0.1) is 11.3 Å². The Morgan fingerprint density at radius 2 is 1.82 bits per heavy atom. The van der Waals surface area contributed by atoms with E-state index in [1.165, 1.54) is 32.4 Å². The van der Waals surface area contributed by atoms with Crippen LogP contribution in [0.15, 0.2) is 42.5 Å². The maximum absolute atomic E-state index is 4.78. The molecule has 0 amide bonds. The van der Waals surface area contributed by atoms with Crippen molar-refractivity contribution in [1.82, 2.24) is 9.55 Å². The molecule has 0 fully saturated rings. The van der Waals surface area contributed by atoms with Gasteiger partial charge in [0.2, 0.25) is 0 Å². The number of nitrogens with zero attached hydrogens (tertiary/aromatic N) is 2.